The number of ether oxygens (including phenoxy) is 1. The van der Waals surface area contributed by atoms with E-state index in [1.807, 2.05) is 6.07 Å². The Morgan fingerprint density at radius 2 is 2.12 bits per heavy atom. The second-order valence-electron chi connectivity index (χ2n) is 9.27. The number of carbonyl (C=O) groups excluding carboxylic acids is 1. The lowest BCUT2D eigenvalue weighted by molar-refractivity contribution is 0.161. The average molecular weight is 630 g/mol. The first-order valence-electron chi connectivity index (χ1n) is 12.6. The number of alkyl halides is 2. The number of aliphatic imine (C=N–C) groups is 2. The number of para-hydroxylation sites is 1. The molecule has 15 heteroatoms. The zero-order valence-corrected chi connectivity index (χ0v) is 23.7. The molecule has 1 saturated heterocycles. The Kier molecular flexibility index (Phi) is 9.07. The Morgan fingerprint density at radius 3 is 2.79 bits per heavy atom. The van der Waals surface area contributed by atoms with Crippen LogP contribution < -0.4 is 21.2 Å². The molecule has 1 amide bonds. The van der Waals surface area contributed by atoms with E-state index >= 15 is 0 Å². The third kappa shape index (κ3) is 7.21. The van der Waals surface area contributed by atoms with E-state index in [9.17, 15) is 18.0 Å². The van der Waals surface area contributed by atoms with Crippen molar-refractivity contribution in [3.05, 3.63) is 105 Å². The van der Waals surface area contributed by atoms with Crippen LogP contribution >= 0.6 is 22.9 Å². The van der Waals surface area contributed by atoms with Crippen LogP contribution in [0.2, 0.25) is 5.02 Å². The van der Waals surface area contributed by atoms with Crippen molar-refractivity contribution < 1.29 is 27.5 Å². The minimum atomic E-state index is -2.95. The van der Waals surface area contributed by atoms with Crippen LogP contribution in [0.25, 0.3) is 0 Å². The highest BCUT2D eigenvalue weighted by Gasteiger charge is 2.42. The zero-order chi connectivity index (χ0) is 30.4. The fourth-order valence-corrected chi connectivity index (χ4v) is 5.27. The molecule has 2 atom stereocenters. The summed E-state index contributed by atoms with van der Waals surface area (Å²) < 4.78 is 44.9. The maximum absolute atomic E-state index is 14.0. The predicted octanol–water partition coefficient (Wildman–Crippen LogP) is 5.35. The van der Waals surface area contributed by atoms with E-state index < -0.39 is 30.0 Å². The number of benzene rings is 2. The van der Waals surface area contributed by atoms with Gasteiger partial charge in [-0.2, -0.15) is 8.78 Å². The molecule has 1 fully saturated rings. The number of nitrogens with one attached hydrogen (secondary N) is 2. The number of thiazole rings is 1. The van der Waals surface area contributed by atoms with Gasteiger partial charge in [-0.3, -0.25) is 4.99 Å². The van der Waals surface area contributed by atoms with Gasteiger partial charge in [0.05, 0.1) is 6.21 Å². The maximum atomic E-state index is 14.0. The van der Waals surface area contributed by atoms with Crippen molar-refractivity contribution >= 4 is 47.3 Å². The topological polar surface area (TPSA) is 136 Å². The number of hydrogen-bond donors (Lipinski definition) is 3. The van der Waals surface area contributed by atoms with Crippen LogP contribution in [-0.4, -0.2) is 48.0 Å². The summed E-state index contributed by atoms with van der Waals surface area (Å²) in [5.74, 6) is 0.236. The lowest BCUT2D eigenvalue weighted by Gasteiger charge is -2.32. The lowest BCUT2D eigenvalue weighted by Crippen LogP contribution is -2.48. The fraction of sp³-hybridized carbons (Fsp3) is 0.179. The standard InChI is InChI=1S/C28H23ClF3N7O3S/c29-19-12-16(30)6-7-18(19)23-22(20(33)8-9-35-26(31)32)21(37-24(38-23)25-34-10-11-43-25)13-28(15-41-27(40)39-28)14-36-42-17-4-2-1-3-5-17/h1-12,14,23,26H,13,15,33H2,(H,37,38)(H,39,40)/b20-8?,35-9?,36-14+/t23-,28+/m0/s1. The predicted molar refractivity (Wildman–Crippen MR) is 157 cm³/mol. The Balaban J connectivity index is 1.63. The molecule has 0 radical (unpaired) electrons. The Morgan fingerprint density at radius 1 is 1.30 bits per heavy atom. The number of halogens is 4. The van der Waals surface area contributed by atoms with Gasteiger partial charge in [0, 0.05) is 51.8 Å². The summed E-state index contributed by atoms with van der Waals surface area (Å²) in [6.07, 6.45) is 4.36. The number of nitrogens with zero attached hydrogens (tertiary/aromatic N) is 4. The summed E-state index contributed by atoms with van der Waals surface area (Å²) in [6.45, 7) is -3.08. The van der Waals surface area contributed by atoms with Gasteiger partial charge in [-0.15, -0.1) is 11.3 Å². The third-order valence-corrected chi connectivity index (χ3v) is 7.39. The molecule has 3 aromatic rings. The van der Waals surface area contributed by atoms with Gasteiger partial charge in [0.2, 0.25) is 0 Å². The highest BCUT2D eigenvalue weighted by Crippen LogP contribution is 2.40. The monoisotopic (exact) mass is 629 g/mol. The smallest absolute Gasteiger partial charge is 0.408 e. The molecule has 0 spiro atoms. The van der Waals surface area contributed by atoms with Crippen LogP contribution in [0.4, 0.5) is 18.0 Å². The van der Waals surface area contributed by atoms with E-state index in [0.29, 0.717) is 33.4 Å². The number of aromatic nitrogens is 1. The summed E-state index contributed by atoms with van der Waals surface area (Å²) in [5, 5.41) is 12.4. The fourth-order valence-electron chi connectivity index (χ4n) is 4.41. The van der Waals surface area contributed by atoms with E-state index in [0.717, 1.165) is 12.3 Å². The van der Waals surface area contributed by atoms with Crippen molar-refractivity contribution in [2.45, 2.75) is 24.6 Å². The number of alkyl carbamates (subject to hydrolysis) is 1. The molecule has 2 aromatic carbocycles. The van der Waals surface area contributed by atoms with Crippen LogP contribution in [0.5, 0.6) is 5.75 Å². The molecule has 0 aliphatic carbocycles. The van der Waals surface area contributed by atoms with Crippen molar-refractivity contribution in [2.24, 2.45) is 20.9 Å². The largest absolute Gasteiger partial charge is 0.447 e. The quantitative estimate of drug-likeness (QED) is 0.157. The maximum Gasteiger partial charge on any atom is 0.408 e. The minimum Gasteiger partial charge on any atom is -0.447 e. The van der Waals surface area contributed by atoms with Gasteiger partial charge >= 0.3 is 12.6 Å². The molecule has 5 rings (SSSR count). The molecule has 0 saturated carbocycles. The number of allylic oxidation sites excluding steroid dienone is 1. The number of oxime groups is 1. The molecule has 43 heavy (non-hydrogen) atoms. The second-order valence-corrected chi connectivity index (χ2v) is 10.6. The molecule has 4 N–H and O–H groups in total. The SMILES string of the molecule is NC(=CC=NC(F)F)C1=C(C[C@@]2(/C=N/Oc3ccccc3)COC(=O)N2)NC(c2nccs2)=N[C@H]1c1ccc(F)cc1Cl. The van der Waals surface area contributed by atoms with Crippen LogP contribution in [0.15, 0.2) is 98.3 Å². The van der Waals surface area contributed by atoms with Gasteiger partial charge in [-0.25, -0.2) is 19.2 Å². The second kappa shape index (κ2) is 13.1. The van der Waals surface area contributed by atoms with Gasteiger partial charge < -0.3 is 25.9 Å². The van der Waals surface area contributed by atoms with Crippen molar-refractivity contribution in [2.75, 3.05) is 6.61 Å². The molecule has 3 heterocycles. The van der Waals surface area contributed by atoms with Crippen LogP contribution in [0.1, 0.15) is 23.0 Å². The number of cyclic esters (lactones) is 1. The third-order valence-electron chi connectivity index (χ3n) is 6.29. The summed E-state index contributed by atoms with van der Waals surface area (Å²) in [6, 6.07) is 11.7. The zero-order valence-electron chi connectivity index (χ0n) is 22.1. The first kappa shape index (κ1) is 29.8. The molecule has 0 bridgehead atoms. The summed E-state index contributed by atoms with van der Waals surface area (Å²) >= 11 is 7.78. The molecule has 1 aromatic heterocycles. The first-order chi connectivity index (χ1) is 20.7. The number of hydrogen-bond acceptors (Lipinski definition) is 10. The molecular weight excluding hydrogens is 607 g/mol. The molecule has 2 aliphatic heterocycles. The van der Waals surface area contributed by atoms with Crippen LogP contribution in [-0.2, 0) is 4.74 Å². The van der Waals surface area contributed by atoms with E-state index in [-0.39, 0.29) is 23.7 Å². The molecular formula is C28H23ClF3N7O3S. The molecule has 222 valence electrons. The van der Waals surface area contributed by atoms with Crippen LogP contribution in [0, 0.1) is 5.82 Å². The highest BCUT2D eigenvalue weighted by molar-refractivity contribution is 7.11. The summed E-state index contributed by atoms with van der Waals surface area (Å²) in [7, 11) is 0. The van der Waals surface area contributed by atoms with Crippen molar-refractivity contribution in [3.63, 3.8) is 0 Å². The number of carbonyl (C=O) groups is 1. The van der Waals surface area contributed by atoms with E-state index in [1.54, 1.807) is 35.8 Å². The van der Waals surface area contributed by atoms with Crippen molar-refractivity contribution in [1.82, 2.24) is 15.6 Å². The van der Waals surface area contributed by atoms with Gasteiger partial charge in [0.15, 0.2) is 16.6 Å². The van der Waals surface area contributed by atoms with E-state index in [4.69, 9.17) is 31.9 Å². The number of rotatable bonds is 10. The number of amides is 1. The molecule has 2 aliphatic rings. The van der Waals surface area contributed by atoms with Crippen molar-refractivity contribution in [1.29, 1.82) is 0 Å². The Labute approximate surface area is 252 Å². The van der Waals surface area contributed by atoms with Gasteiger partial charge in [-0.1, -0.05) is 41.0 Å². The van der Waals surface area contributed by atoms with Crippen LogP contribution in [0.3, 0.4) is 0 Å². The number of amidine groups is 1. The summed E-state index contributed by atoms with van der Waals surface area (Å²) in [5.41, 5.74) is 6.34. The first-order valence-corrected chi connectivity index (χ1v) is 13.9. The number of nitrogens with two attached hydrogens (primary N) is 1. The van der Waals surface area contributed by atoms with Gasteiger partial charge in [0.25, 0.3) is 0 Å². The Bertz CT molecular complexity index is 1630. The van der Waals surface area contributed by atoms with E-state index in [2.05, 4.69) is 25.8 Å². The normalized spacial score (nSPS) is 20.9. The minimum absolute atomic E-state index is 0.00401. The summed E-state index contributed by atoms with van der Waals surface area (Å²) in [4.78, 5) is 30.0. The molecule has 0 unspecified atom stereocenters. The molecule has 10 nitrogen and oxygen atoms in total. The van der Waals surface area contributed by atoms with E-state index in [1.165, 1.54) is 35.8 Å². The average Bonchev–Trinajstić information content (AvgIpc) is 3.63. The van der Waals surface area contributed by atoms with Gasteiger partial charge in [-0.05, 0) is 30.3 Å². The Hall–Kier alpha value is -4.69. The lowest BCUT2D eigenvalue weighted by atomic mass is 9.87. The van der Waals surface area contributed by atoms with Crippen molar-refractivity contribution in [3.8, 4) is 5.75 Å². The van der Waals surface area contributed by atoms with Gasteiger partial charge in [0.1, 0.15) is 24.0 Å². The highest BCUT2D eigenvalue weighted by atomic mass is 35.5.